The third kappa shape index (κ3) is 6.14. The van der Waals surface area contributed by atoms with Gasteiger partial charge in [-0.25, -0.2) is 22.0 Å². The summed E-state index contributed by atoms with van der Waals surface area (Å²) in [7, 11) is 0.257. The summed E-state index contributed by atoms with van der Waals surface area (Å²) in [5.74, 6) is -1.64. The maximum absolute atomic E-state index is 12.9. The maximum atomic E-state index is 12.9. The summed E-state index contributed by atoms with van der Waals surface area (Å²) in [6.07, 6.45) is 7.99. The molecule has 0 atom stereocenters. The number of hydrogen-bond donors (Lipinski definition) is 1. The number of allylic oxidation sites excluding steroid dienone is 1. The molecule has 0 aliphatic heterocycles. The van der Waals surface area contributed by atoms with Crippen LogP contribution in [-0.4, -0.2) is 51.2 Å². The Morgan fingerprint density at radius 2 is 1.54 bits per heavy atom. The van der Waals surface area contributed by atoms with Crippen molar-refractivity contribution in [3.63, 3.8) is 0 Å². The van der Waals surface area contributed by atoms with E-state index in [2.05, 4.69) is 0 Å². The van der Waals surface area contributed by atoms with Gasteiger partial charge in [-0.2, -0.15) is 0 Å². The Labute approximate surface area is 256 Å². The van der Waals surface area contributed by atoms with Crippen LogP contribution in [0, 0.1) is 6.92 Å². The van der Waals surface area contributed by atoms with E-state index in [4.69, 9.17) is 9.84 Å². The number of aryl methyl sites for hydroxylation is 3. The molecule has 3 aromatic heterocycles. The van der Waals surface area contributed by atoms with Gasteiger partial charge in [-0.3, -0.25) is 9.59 Å². The Bertz CT molecular complexity index is 1900. The molecule has 2 N–H and O–H groups in total. The predicted molar refractivity (Wildman–Crippen MR) is 146 cm³/mol. The monoisotopic (exact) mass is 591 g/mol. The van der Waals surface area contributed by atoms with Crippen molar-refractivity contribution >= 4 is 38.9 Å². The van der Waals surface area contributed by atoms with Gasteiger partial charge in [0.05, 0.1) is 23.1 Å². The first-order valence-electron chi connectivity index (χ1n) is 11.6. The van der Waals surface area contributed by atoms with Crippen molar-refractivity contribution in [3.05, 3.63) is 104 Å². The van der Waals surface area contributed by atoms with Crippen LogP contribution >= 0.6 is 0 Å². The number of methoxy groups -OCH3 is 1. The van der Waals surface area contributed by atoms with E-state index in [0.717, 1.165) is 14.1 Å². The molecule has 0 unspecified atom stereocenters. The van der Waals surface area contributed by atoms with Gasteiger partial charge in [0.25, 0.3) is 21.1 Å². The minimum Gasteiger partial charge on any atom is -0.870 e. The summed E-state index contributed by atoms with van der Waals surface area (Å²) in [4.78, 5) is 47.0. The maximum Gasteiger partial charge on any atom is 1.00 e. The molecule has 41 heavy (non-hydrogen) atoms. The van der Waals surface area contributed by atoms with Crippen LogP contribution in [0.2, 0.25) is 0 Å². The molecule has 0 fully saturated rings. The summed E-state index contributed by atoms with van der Waals surface area (Å²) in [6.45, 7) is 1.85. The molecule has 0 saturated carbocycles. The van der Waals surface area contributed by atoms with Gasteiger partial charge < -0.3 is 24.5 Å². The SMILES string of the molecule is COC(=O)c1cn(C)c(=O)c2c1ccn2S(=O)(=O)c1ccc(C)cc1.Cn1cc(C(=O)O)c2c(c1=O)CC=C2.[Na+].[OH-]. The molecule has 5 rings (SSSR count). The second-order valence-electron chi connectivity index (χ2n) is 8.91. The van der Waals surface area contributed by atoms with Gasteiger partial charge in [-0.15, -0.1) is 0 Å². The summed E-state index contributed by atoms with van der Waals surface area (Å²) in [5.41, 5.74) is 1.63. The van der Waals surface area contributed by atoms with Crippen LogP contribution in [-0.2, 0) is 35.3 Å². The molecule has 14 heteroatoms. The average molecular weight is 592 g/mol. The van der Waals surface area contributed by atoms with E-state index in [0.29, 0.717) is 17.5 Å². The van der Waals surface area contributed by atoms with Gasteiger partial charge >= 0.3 is 41.5 Å². The minimum atomic E-state index is -3.98. The van der Waals surface area contributed by atoms with Crippen LogP contribution in [0.15, 0.2) is 69.5 Å². The fourth-order valence-electron chi connectivity index (χ4n) is 4.29. The van der Waals surface area contributed by atoms with Crippen molar-refractivity contribution in [1.29, 1.82) is 0 Å². The second kappa shape index (κ2) is 12.8. The molecule has 4 aromatic rings. The van der Waals surface area contributed by atoms with Gasteiger partial charge in [0.2, 0.25) is 0 Å². The van der Waals surface area contributed by atoms with Crippen molar-refractivity contribution in [1.82, 2.24) is 13.1 Å². The second-order valence-corrected chi connectivity index (χ2v) is 10.7. The molecule has 3 heterocycles. The Morgan fingerprint density at radius 3 is 2.12 bits per heavy atom. The van der Waals surface area contributed by atoms with Gasteiger partial charge in [-0.05, 0) is 37.1 Å². The van der Waals surface area contributed by atoms with E-state index in [1.807, 2.05) is 6.92 Å². The number of aromatic carboxylic acids is 1. The first kappa shape index (κ1) is 33.5. The number of hydrogen-bond acceptors (Lipinski definition) is 8. The number of ether oxygens (including phenoxy) is 1. The van der Waals surface area contributed by atoms with Gasteiger partial charge in [0, 0.05) is 43.6 Å². The Balaban J connectivity index is 0.000000314. The minimum absolute atomic E-state index is 0. The molecule has 1 aliphatic carbocycles. The quantitative estimate of drug-likeness (QED) is 0.234. The first-order valence-corrected chi connectivity index (χ1v) is 13.1. The van der Waals surface area contributed by atoms with Crippen LogP contribution in [0.3, 0.4) is 0 Å². The summed E-state index contributed by atoms with van der Waals surface area (Å²) in [6, 6.07) is 7.73. The van der Waals surface area contributed by atoms with Crippen LogP contribution in [0.25, 0.3) is 17.0 Å². The third-order valence-electron chi connectivity index (χ3n) is 6.32. The predicted octanol–water partition coefficient (Wildman–Crippen LogP) is -0.848. The van der Waals surface area contributed by atoms with Crippen LogP contribution in [0.4, 0.5) is 0 Å². The summed E-state index contributed by atoms with van der Waals surface area (Å²) in [5, 5.41) is 9.14. The average Bonchev–Trinajstić information content (AvgIpc) is 3.57. The van der Waals surface area contributed by atoms with Gasteiger partial charge in [0.15, 0.2) is 0 Å². The van der Waals surface area contributed by atoms with Crippen LogP contribution < -0.4 is 40.7 Å². The van der Waals surface area contributed by atoms with E-state index < -0.39 is 27.5 Å². The molecule has 12 nitrogen and oxygen atoms in total. The van der Waals surface area contributed by atoms with Crippen LogP contribution in [0.1, 0.15) is 37.4 Å². The number of carboxylic acid groups (broad SMARTS) is 1. The van der Waals surface area contributed by atoms with Crippen molar-refractivity contribution in [2.75, 3.05) is 7.11 Å². The molecule has 210 valence electrons. The zero-order valence-electron chi connectivity index (χ0n) is 23.0. The molecule has 0 amide bonds. The first-order chi connectivity index (χ1) is 18.4. The fourth-order valence-corrected chi connectivity index (χ4v) is 5.64. The summed E-state index contributed by atoms with van der Waals surface area (Å²) >= 11 is 0. The zero-order valence-corrected chi connectivity index (χ0v) is 25.8. The largest absolute Gasteiger partial charge is 1.00 e. The molecule has 0 radical (unpaired) electrons. The normalized spacial score (nSPS) is 11.5. The number of benzene rings is 1. The van der Waals surface area contributed by atoms with Crippen molar-refractivity contribution < 1.29 is 62.9 Å². The van der Waals surface area contributed by atoms with Crippen molar-refractivity contribution in [2.45, 2.75) is 18.2 Å². The topological polar surface area (TPSA) is 177 Å². The molecular formula is C27H26N3NaO9S. The Hall–Kier alpha value is -3.75. The molecule has 0 bridgehead atoms. The van der Waals surface area contributed by atoms with Crippen molar-refractivity contribution in [2.24, 2.45) is 14.1 Å². The molecule has 0 saturated heterocycles. The van der Waals surface area contributed by atoms with E-state index in [1.54, 1.807) is 31.3 Å². The zero-order chi connectivity index (χ0) is 28.6. The fraction of sp³-hybridized carbons (Fsp3) is 0.185. The third-order valence-corrected chi connectivity index (χ3v) is 8.01. The number of carbonyl (C=O) groups is 2. The van der Waals surface area contributed by atoms with Gasteiger partial charge in [-0.1, -0.05) is 29.8 Å². The van der Waals surface area contributed by atoms with E-state index in [1.165, 1.54) is 55.5 Å². The molecule has 1 aliphatic rings. The number of esters is 1. The summed E-state index contributed by atoms with van der Waals surface area (Å²) < 4.78 is 34.0. The molecular weight excluding hydrogens is 565 g/mol. The molecule has 1 aromatic carbocycles. The number of fused-ring (bicyclic) bond motifs is 2. The van der Waals surface area contributed by atoms with E-state index in [9.17, 15) is 27.6 Å². The number of pyridine rings is 2. The van der Waals surface area contributed by atoms with Crippen molar-refractivity contribution in [3.8, 4) is 0 Å². The number of rotatable bonds is 4. The molecule has 0 spiro atoms. The number of carboxylic acids is 1. The Kier molecular flexibility index (Phi) is 10.5. The number of nitrogens with zero attached hydrogens (tertiary/aromatic N) is 3. The van der Waals surface area contributed by atoms with Gasteiger partial charge in [0.1, 0.15) is 5.52 Å². The van der Waals surface area contributed by atoms with E-state index >= 15 is 0 Å². The van der Waals surface area contributed by atoms with Crippen LogP contribution in [0.5, 0.6) is 0 Å². The van der Waals surface area contributed by atoms with E-state index in [-0.39, 0.29) is 67.5 Å². The smallest absolute Gasteiger partial charge is 0.870 e. The number of aromatic nitrogens is 3. The standard InChI is InChI=1S/C17H16N2O5S.C10H9NO3.Na.H2O/c1-11-4-6-12(7-5-11)25(22,23)19-9-8-13-14(17(21)24-3)10-18(2)16(20)15(13)19;1-11-5-8(10(13)14)6-3-2-4-7(6)9(11)12;;/h4-10H,1-3H3;2-3,5H,4H2,1H3,(H,13,14);;1H2/q;;+1;/p-1. The Morgan fingerprint density at radius 1 is 0.951 bits per heavy atom. The number of carbonyl (C=O) groups excluding carboxylic acids is 1.